The SMILES string of the molecule is COC(=O)C1=CC=C(c2ccc(C)cc2)[C@H]2CCC(=O)C[C@@H]12. The molecule has 0 aromatic heterocycles. The molecular formula is C19H20O3. The van der Waals surface area contributed by atoms with E-state index in [1.165, 1.54) is 23.8 Å². The average molecular weight is 296 g/mol. The average Bonchev–Trinajstić information content (AvgIpc) is 2.54. The zero-order valence-corrected chi connectivity index (χ0v) is 13.0. The third-order valence-corrected chi connectivity index (χ3v) is 4.71. The van der Waals surface area contributed by atoms with Crippen LogP contribution >= 0.6 is 0 Å². The molecule has 3 rings (SSSR count). The second kappa shape index (κ2) is 5.91. The molecule has 114 valence electrons. The van der Waals surface area contributed by atoms with Gasteiger partial charge < -0.3 is 4.74 Å². The summed E-state index contributed by atoms with van der Waals surface area (Å²) in [5.41, 5.74) is 4.26. The zero-order valence-electron chi connectivity index (χ0n) is 13.0. The second-order valence-electron chi connectivity index (χ2n) is 6.10. The summed E-state index contributed by atoms with van der Waals surface area (Å²) in [5, 5.41) is 0. The predicted octanol–water partition coefficient (Wildman–Crippen LogP) is 3.48. The highest BCUT2D eigenvalue weighted by molar-refractivity contribution is 5.94. The Morgan fingerprint density at radius 2 is 1.86 bits per heavy atom. The molecule has 1 aromatic carbocycles. The van der Waals surface area contributed by atoms with Gasteiger partial charge in [0.25, 0.3) is 0 Å². The van der Waals surface area contributed by atoms with Crippen molar-refractivity contribution in [2.24, 2.45) is 11.8 Å². The number of rotatable bonds is 2. The first-order valence-corrected chi connectivity index (χ1v) is 7.69. The van der Waals surface area contributed by atoms with Gasteiger partial charge in [-0.1, -0.05) is 42.0 Å². The summed E-state index contributed by atoms with van der Waals surface area (Å²) in [6.45, 7) is 2.07. The minimum atomic E-state index is -0.316. The van der Waals surface area contributed by atoms with Crippen LogP contribution in [0.25, 0.3) is 5.57 Å². The maximum atomic E-state index is 12.0. The highest BCUT2D eigenvalue weighted by Crippen LogP contribution is 2.44. The minimum Gasteiger partial charge on any atom is -0.466 e. The lowest BCUT2D eigenvalue weighted by atomic mass is 9.67. The lowest BCUT2D eigenvalue weighted by Crippen LogP contribution is -2.32. The molecule has 0 amide bonds. The molecule has 22 heavy (non-hydrogen) atoms. The highest BCUT2D eigenvalue weighted by atomic mass is 16.5. The third-order valence-electron chi connectivity index (χ3n) is 4.71. The number of carbonyl (C=O) groups excluding carboxylic acids is 2. The van der Waals surface area contributed by atoms with Gasteiger partial charge in [-0.25, -0.2) is 4.79 Å². The molecule has 0 saturated heterocycles. The third kappa shape index (κ3) is 2.63. The first-order valence-electron chi connectivity index (χ1n) is 7.69. The molecule has 2 atom stereocenters. The summed E-state index contributed by atoms with van der Waals surface area (Å²) in [6.07, 6.45) is 5.69. The number of fused-ring (bicyclic) bond motifs is 1. The van der Waals surface area contributed by atoms with Gasteiger partial charge in [0.15, 0.2) is 0 Å². The minimum absolute atomic E-state index is 0.0463. The van der Waals surface area contributed by atoms with Crippen molar-refractivity contribution in [3.63, 3.8) is 0 Å². The molecule has 2 aliphatic rings. The van der Waals surface area contributed by atoms with Gasteiger partial charge in [-0.15, -0.1) is 0 Å². The number of ketones is 1. The number of hydrogen-bond donors (Lipinski definition) is 0. The molecule has 0 radical (unpaired) electrons. The fourth-order valence-corrected chi connectivity index (χ4v) is 3.53. The normalized spacial score (nSPS) is 24.2. The molecule has 1 fully saturated rings. The Balaban J connectivity index is 2.01. The number of hydrogen-bond acceptors (Lipinski definition) is 3. The summed E-state index contributed by atoms with van der Waals surface area (Å²) in [7, 11) is 1.39. The van der Waals surface area contributed by atoms with Gasteiger partial charge in [-0.3, -0.25) is 4.79 Å². The summed E-state index contributed by atoms with van der Waals surface area (Å²) < 4.78 is 4.88. The van der Waals surface area contributed by atoms with E-state index >= 15 is 0 Å². The smallest absolute Gasteiger partial charge is 0.334 e. The van der Waals surface area contributed by atoms with Gasteiger partial charge >= 0.3 is 5.97 Å². The molecule has 0 bridgehead atoms. The van der Waals surface area contributed by atoms with E-state index < -0.39 is 0 Å². The van der Waals surface area contributed by atoms with Crippen molar-refractivity contribution < 1.29 is 14.3 Å². The van der Waals surface area contributed by atoms with E-state index in [0.29, 0.717) is 18.4 Å². The standard InChI is InChI=1S/C19H20O3/c1-12-3-5-13(6-4-12)15-9-10-17(19(21)22-2)18-11-14(20)7-8-16(15)18/h3-6,9-10,16,18H,7-8,11H2,1-2H3/t16-,18-/m1/s1. The zero-order chi connectivity index (χ0) is 15.7. The van der Waals surface area contributed by atoms with Crippen LogP contribution in [-0.2, 0) is 14.3 Å². The number of allylic oxidation sites excluding steroid dienone is 3. The molecule has 1 aromatic rings. The van der Waals surface area contributed by atoms with Crippen LogP contribution in [-0.4, -0.2) is 18.9 Å². The molecule has 0 aliphatic heterocycles. The quantitative estimate of drug-likeness (QED) is 0.785. The van der Waals surface area contributed by atoms with Crippen LogP contribution in [0.15, 0.2) is 42.0 Å². The molecule has 2 aliphatic carbocycles. The lowest BCUT2D eigenvalue weighted by Gasteiger charge is -2.36. The Labute approximate surface area is 130 Å². The van der Waals surface area contributed by atoms with Crippen molar-refractivity contribution in [3.05, 3.63) is 53.1 Å². The molecule has 0 unspecified atom stereocenters. The topological polar surface area (TPSA) is 43.4 Å². The van der Waals surface area contributed by atoms with Gasteiger partial charge in [-0.05, 0) is 30.4 Å². The predicted molar refractivity (Wildman–Crippen MR) is 85.1 cm³/mol. The number of methoxy groups -OCH3 is 1. The largest absolute Gasteiger partial charge is 0.466 e. The van der Waals surface area contributed by atoms with Crippen LogP contribution in [0.3, 0.4) is 0 Å². The van der Waals surface area contributed by atoms with Gasteiger partial charge in [0.05, 0.1) is 7.11 Å². The van der Waals surface area contributed by atoms with Crippen molar-refractivity contribution in [1.82, 2.24) is 0 Å². The molecule has 0 heterocycles. The highest BCUT2D eigenvalue weighted by Gasteiger charge is 2.38. The molecule has 0 N–H and O–H groups in total. The summed E-state index contributed by atoms with van der Waals surface area (Å²) in [5.74, 6) is 0.0969. The molecule has 0 spiro atoms. The van der Waals surface area contributed by atoms with Gasteiger partial charge in [0.1, 0.15) is 5.78 Å². The van der Waals surface area contributed by atoms with E-state index in [1.54, 1.807) is 0 Å². The van der Waals surface area contributed by atoms with Crippen molar-refractivity contribution in [2.45, 2.75) is 26.2 Å². The number of ether oxygens (including phenoxy) is 1. The first-order chi connectivity index (χ1) is 10.6. The van der Waals surface area contributed by atoms with Gasteiger partial charge in [0.2, 0.25) is 0 Å². The van der Waals surface area contributed by atoms with Crippen LogP contribution in [0.1, 0.15) is 30.4 Å². The Hall–Kier alpha value is -2.16. The van der Waals surface area contributed by atoms with Crippen LogP contribution in [0.5, 0.6) is 0 Å². The first kappa shape index (κ1) is 14.8. The van der Waals surface area contributed by atoms with E-state index in [9.17, 15) is 9.59 Å². The van der Waals surface area contributed by atoms with Crippen LogP contribution in [0, 0.1) is 18.8 Å². The van der Waals surface area contributed by atoms with Crippen molar-refractivity contribution in [2.75, 3.05) is 7.11 Å². The summed E-state index contributed by atoms with van der Waals surface area (Å²) in [6, 6.07) is 8.43. The number of esters is 1. The number of carbonyl (C=O) groups is 2. The molecular weight excluding hydrogens is 276 g/mol. The lowest BCUT2D eigenvalue weighted by molar-refractivity contribution is -0.137. The van der Waals surface area contributed by atoms with Crippen molar-refractivity contribution in [3.8, 4) is 0 Å². The van der Waals surface area contributed by atoms with E-state index in [0.717, 1.165) is 6.42 Å². The van der Waals surface area contributed by atoms with Gasteiger partial charge in [0, 0.05) is 24.3 Å². The van der Waals surface area contributed by atoms with E-state index in [1.807, 2.05) is 12.2 Å². The Bertz CT molecular complexity index is 664. The van der Waals surface area contributed by atoms with Crippen molar-refractivity contribution in [1.29, 1.82) is 0 Å². The molecule has 1 saturated carbocycles. The number of aryl methyl sites for hydroxylation is 1. The number of Topliss-reactive ketones (excluding diaryl/α,β-unsaturated/α-hetero) is 1. The van der Waals surface area contributed by atoms with Crippen molar-refractivity contribution >= 4 is 17.3 Å². The second-order valence-corrected chi connectivity index (χ2v) is 6.10. The number of benzene rings is 1. The fraction of sp³-hybridized carbons (Fsp3) is 0.368. The summed E-state index contributed by atoms with van der Waals surface area (Å²) >= 11 is 0. The van der Waals surface area contributed by atoms with E-state index in [2.05, 4.69) is 31.2 Å². The summed E-state index contributed by atoms with van der Waals surface area (Å²) in [4.78, 5) is 23.8. The van der Waals surface area contributed by atoms with Crippen LogP contribution in [0.4, 0.5) is 0 Å². The van der Waals surface area contributed by atoms with Crippen LogP contribution in [0.2, 0.25) is 0 Å². The maximum absolute atomic E-state index is 12.0. The monoisotopic (exact) mass is 296 g/mol. The Morgan fingerprint density at radius 1 is 1.14 bits per heavy atom. The Kier molecular flexibility index (Phi) is 3.97. The maximum Gasteiger partial charge on any atom is 0.334 e. The fourth-order valence-electron chi connectivity index (χ4n) is 3.53. The molecule has 3 nitrogen and oxygen atoms in total. The van der Waals surface area contributed by atoms with Crippen LogP contribution < -0.4 is 0 Å². The Morgan fingerprint density at radius 3 is 2.55 bits per heavy atom. The molecule has 3 heteroatoms. The van der Waals surface area contributed by atoms with Gasteiger partial charge in [-0.2, -0.15) is 0 Å². The van der Waals surface area contributed by atoms with E-state index in [4.69, 9.17) is 4.74 Å². The van der Waals surface area contributed by atoms with E-state index in [-0.39, 0.29) is 23.6 Å².